The summed E-state index contributed by atoms with van der Waals surface area (Å²) in [4.78, 5) is 19.4. The van der Waals surface area contributed by atoms with Crippen LogP contribution in [0.2, 0.25) is 0 Å². The number of nitrogens with one attached hydrogen (secondary N) is 1. The smallest absolute Gasteiger partial charge is 0.291 e. The molecule has 0 saturated carbocycles. The van der Waals surface area contributed by atoms with Crippen LogP contribution in [0, 0.1) is 0 Å². The number of hydrogen-bond donors (Lipinski definition) is 1. The molecule has 2 aromatic rings. The molecule has 0 bridgehead atoms. The van der Waals surface area contributed by atoms with E-state index in [1.54, 1.807) is 6.21 Å². The molecule has 1 aromatic carbocycles. The van der Waals surface area contributed by atoms with Gasteiger partial charge in [0.05, 0.1) is 19.0 Å². The maximum absolute atomic E-state index is 11.7. The number of amides is 1. The van der Waals surface area contributed by atoms with Crippen LogP contribution in [0.5, 0.6) is 5.75 Å². The largest absolute Gasteiger partial charge is 0.494 e. The molecule has 114 valence electrons. The van der Waals surface area contributed by atoms with Gasteiger partial charge in [-0.2, -0.15) is 5.10 Å². The van der Waals surface area contributed by atoms with Gasteiger partial charge >= 0.3 is 0 Å². The van der Waals surface area contributed by atoms with Crippen LogP contribution in [0.25, 0.3) is 0 Å². The van der Waals surface area contributed by atoms with Crippen LogP contribution in [-0.4, -0.2) is 28.7 Å². The Morgan fingerprint density at radius 2 is 2.14 bits per heavy atom. The number of hydrogen-bond acceptors (Lipinski definition) is 5. The molecule has 0 aliphatic heterocycles. The van der Waals surface area contributed by atoms with E-state index in [9.17, 15) is 4.79 Å². The first kappa shape index (κ1) is 15.6. The minimum Gasteiger partial charge on any atom is -0.494 e. The van der Waals surface area contributed by atoms with Crippen LogP contribution in [0.15, 0.2) is 48.0 Å². The predicted octanol–water partition coefficient (Wildman–Crippen LogP) is 2.42. The minimum atomic E-state index is -0.399. The molecule has 1 heterocycles. The zero-order valence-electron chi connectivity index (χ0n) is 12.4. The second-order valence-corrected chi connectivity index (χ2v) is 4.56. The fourth-order valence-electron chi connectivity index (χ4n) is 1.62. The third-order valence-electron chi connectivity index (χ3n) is 2.82. The molecule has 2 rings (SSSR count). The maximum atomic E-state index is 11.7. The van der Waals surface area contributed by atoms with E-state index in [0.717, 1.165) is 30.8 Å². The summed E-state index contributed by atoms with van der Waals surface area (Å²) in [7, 11) is 0. The second kappa shape index (κ2) is 8.51. The molecule has 0 unspecified atom stereocenters. The van der Waals surface area contributed by atoms with Crippen molar-refractivity contribution in [3.8, 4) is 5.75 Å². The molecule has 0 spiro atoms. The van der Waals surface area contributed by atoms with Gasteiger partial charge in [0, 0.05) is 12.4 Å². The minimum absolute atomic E-state index is 0.222. The van der Waals surface area contributed by atoms with Crippen molar-refractivity contribution in [3.63, 3.8) is 0 Å². The van der Waals surface area contributed by atoms with Gasteiger partial charge in [-0.1, -0.05) is 13.3 Å². The summed E-state index contributed by atoms with van der Waals surface area (Å²) in [6.45, 7) is 2.84. The fourth-order valence-corrected chi connectivity index (χ4v) is 1.62. The highest BCUT2D eigenvalue weighted by Gasteiger charge is 2.04. The van der Waals surface area contributed by atoms with Crippen LogP contribution < -0.4 is 10.2 Å². The second-order valence-electron chi connectivity index (χ2n) is 4.56. The zero-order valence-corrected chi connectivity index (χ0v) is 12.4. The topological polar surface area (TPSA) is 76.5 Å². The van der Waals surface area contributed by atoms with E-state index in [2.05, 4.69) is 27.4 Å². The van der Waals surface area contributed by atoms with Crippen LogP contribution in [-0.2, 0) is 0 Å². The summed E-state index contributed by atoms with van der Waals surface area (Å²) < 4.78 is 5.57. The van der Waals surface area contributed by atoms with Gasteiger partial charge in [-0.15, -0.1) is 0 Å². The van der Waals surface area contributed by atoms with Gasteiger partial charge in [-0.25, -0.2) is 10.4 Å². The van der Waals surface area contributed by atoms with E-state index >= 15 is 0 Å². The van der Waals surface area contributed by atoms with E-state index in [1.807, 2.05) is 24.3 Å². The number of benzene rings is 1. The Bertz CT molecular complexity index is 612. The van der Waals surface area contributed by atoms with Crippen molar-refractivity contribution in [2.45, 2.75) is 19.8 Å². The lowest BCUT2D eigenvalue weighted by atomic mass is 10.2. The van der Waals surface area contributed by atoms with Gasteiger partial charge in [-0.3, -0.25) is 9.78 Å². The Morgan fingerprint density at radius 3 is 2.82 bits per heavy atom. The predicted molar refractivity (Wildman–Crippen MR) is 83.9 cm³/mol. The van der Waals surface area contributed by atoms with Gasteiger partial charge < -0.3 is 4.74 Å². The molecule has 6 nitrogen and oxygen atoms in total. The van der Waals surface area contributed by atoms with Crippen LogP contribution >= 0.6 is 0 Å². The number of nitrogens with zero attached hydrogens (tertiary/aromatic N) is 3. The third kappa shape index (κ3) is 4.97. The van der Waals surface area contributed by atoms with E-state index in [0.29, 0.717) is 0 Å². The first-order valence-electron chi connectivity index (χ1n) is 7.12. The third-order valence-corrected chi connectivity index (χ3v) is 2.82. The summed E-state index contributed by atoms with van der Waals surface area (Å²) >= 11 is 0. The molecule has 1 aromatic heterocycles. The van der Waals surface area contributed by atoms with Crippen molar-refractivity contribution >= 4 is 12.1 Å². The van der Waals surface area contributed by atoms with E-state index in [4.69, 9.17) is 4.74 Å². The molecule has 1 N–H and O–H groups in total. The molecule has 22 heavy (non-hydrogen) atoms. The van der Waals surface area contributed by atoms with Crippen LogP contribution in [0.3, 0.4) is 0 Å². The lowest BCUT2D eigenvalue weighted by Gasteiger charge is -2.04. The van der Waals surface area contributed by atoms with Gasteiger partial charge in [0.25, 0.3) is 5.91 Å². The standard InChI is InChI=1S/C16H18N4O2/c1-2-3-10-22-14-6-4-13(5-7-14)11-19-20-16(21)15-12-17-8-9-18-15/h4-9,11-12H,2-3,10H2,1H3,(H,20,21)/b19-11+. The Morgan fingerprint density at radius 1 is 1.32 bits per heavy atom. The van der Waals surface area contributed by atoms with Crippen LogP contribution in [0.1, 0.15) is 35.8 Å². The highest BCUT2D eigenvalue weighted by Crippen LogP contribution is 2.11. The van der Waals surface area contributed by atoms with Gasteiger partial charge in [-0.05, 0) is 36.2 Å². The van der Waals surface area contributed by atoms with Crippen molar-refractivity contribution in [1.29, 1.82) is 0 Å². The SMILES string of the molecule is CCCCOc1ccc(/C=N/NC(=O)c2cnccn2)cc1. The summed E-state index contributed by atoms with van der Waals surface area (Å²) in [6, 6.07) is 7.50. The van der Waals surface area contributed by atoms with Gasteiger partial charge in [0.1, 0.15) is 11.4 Å². The van der Waals surface area contributed by atoms with Crippen molar-refractivity contribution in [2.75, 3.05) is 6.61 Å². The number of hydrazone groups is 1. The summed E-state index contributed by atoms with van der Waals surface area (Å²) in [6.07, 6.45) is 8.05. The van der Waals surface area contributed by atoms with Crippen molar-refractivity contribution in [1.82, 2.24) is 15.4 Å². The molecule has 1 amide bonds. The van der Waals surface area contributed by atoms with Crippen LogP contribution in [0.4, 0.5) is 0 Å². The molecule has 0 radical (unpaired) electrons. The number of unbranched alkanes of at least 4 members (excludes halogenated alkanes) is 1. The Hall–Kier alpha value is -2.76. The summed E-state index contributed by atoms with van der Waals surface area (Å²) in [5.74, 6) is 0.429. The van der Waals surface area contributed by atoms with Crippen molar-refractivity contribution in [2.24, 2.45) is 5.10 Å². The average Bonchev–Trinajstić information content (AvgIpc) is 2.57. The van der Waals surface area contributed by atoms with Gasteiger partial charge in [0.2, 0.25) is 0 Å². The maximum Gasteiger partial charge on any atom is 0.291 e. The lowest BCUT2D eigenvalue weighted by Crippen LogP contribution is -2.19. The number of aromatic nitrogens is 2. The molecule has 6 heteroatoms. The number of ether oxygens (including phenoxy) is 1. The number of carbonyl (C=O) groups excluding carboxylic acids is 1. The Kier molecular flexibility index (Phi) is 6.04. The first-order valence-corrected chi connectivity index (χ1v) is 7.12. The fraction of sp³-hybridized carbons (Fsp3) is 0.250. The molecular weight excluding hydrogens is 280 g/mol. The van der Waals surface area contributed by atoms with E-state index in [-0.39, 0.29) is 5.69 Å². The number of carbonyl (C=O) groups is 1. The first-order chi connectivity index (χ1) is 10.8. The van der Waals surface area contributed by atoms with Crippen molar-refractivity contribution < 1.29 is 9.53 Å². The van der Waals surface area contributed by atoms with E-state index in [1.165, 1.54) is 18.6 Å². The normalized spacial score (nSPS) is 10.6. The highest BCUT2D eigenvalue weighted by molar-refractivity contribution is 5.92. The Labute approximate surface area is 129 Å². The summed E-state index contributed by atoms with van der Waals surface area (Å²) in [5.41, 5.74) is 3.49. The van der Waals surface area contributed by atoms with Crippen molar-refractivity contribution in [3.05, 3.63) is 54.1 Å². The zero-order chi connectivity index (χ0) is 15.6. The molecule has 0 atom stereocenters. The molecule has 0 fully saturated rings. The molecular formula is C16H18N4O2. The molecule has 0 aliphatic carbocycles. The van der Waals surface area contributed by atoms with E-state index < -0.39 is 5.91 Å². The number of rotatable bonds is 7. The highest BCUT2D eigenvalue weighted by atomic mass is 16.5. The lowest BCUT2D eigenvalue weighted by molar-refractivity contribution is 0.0949. The molecule has 0 saturated heterocycles. The quantitative estimate of drug-likeness (QED) is 0.484. The molecule has 0 aliphatic rings. The monoisotopic (exact) mass is 298 g/mol. The Balaban J connectivity index is 1.84. The average molecular weight is 298 g/mol. The summed E-state index contributed by atoms with van der Waals surface area (Å²) in [5, 5.41) is 3.89. The van der Waals surface area contributed by atoms with Gasteiger partial charge in [0.15, 0.2) is 0 Å².